The average molecular weight is 773 g/mol. The van der Waals surface area contributed by atoms with E-state index < -0.39 is 30.1 Å². The largest absolute Gasteiger partial charge is 0.493 e. The van der Waals surface area contributed by atoms with E-state index in [4.69, 9.17) is 14.0 Å². The molecule has 4 N–H and O–H groups in total. The van der Waals surface area contributed by atoms with Crippen LogP contribution in [-0.2, 0) is 20.3 Å². The smallest absolute Gasteiger partial charge is 0.470 e. The Hall–Kier alpha value is -3.72. The third kappa shape index (κ3) is 9.88. The Morgan fingerprint density at radius 2 is 1.75 bits per heavy atom. The molecule has 1 saturated heterocycles. The number of carbonyl (C=O) groups excluding carboxylic acids is 1. The van der Waals surface area contributed by atoms with E-state index in [1.807, 2.05) is 53.7 Å². The molecule has 1 amide bonds. The van der Waals surface area contributed by atoms with Crippen LogP contribution in [0.15, 0.2) is 48.9 Å². The first kappa shape index (κ1) is 40.5. The fourth-order valence-corrected chi connectivity index (χ4v) is 9.72. The molecule has 0 atom stereocenters. The second-order valence-electron chi connectivity index (χ2n) is 15.4. The van der Waals surface area contributed by atoms with Gasteiger partial charge < -0.3 is 34.8 Å². The van der Waals surface area contributed by atoms with Crippen LogP contribution in [0.25, 0.3) is 10.9 Å². The zero-order valence-electron chi connectivity index (χ0n) is 31.3. The first-order valence-electron chi connectivity index (χ1n) is 17.6. The molecule has 1 aliphatic heterocycles. The summed E-state index contributed by atoms with van der Waals surface area (Å²) in [4.78, 5) is 48.8. The number of thiazole rings is 1. The van der Waals surface area contributed by atoms with Crippen LogP contribution in [0.2, 0.25) is 0 Å². The molecule has 2 aromatic heterocycles. The van der Waals surface area contributed by atoms with Crippen LogP contribution >= 0.6 is 19.2 Å². The number of ether oxygens (including phenoxy) is 2. The maximum Gasteiger partial charge on any atom is 0.470 e. The molecular weight excluding hydrogens is 722 g/mol. The minimum absolute atomic E-state index is 0.0249. The molecule has 0 radical (unpaired) electrons. The lowest BCUT2D eigenvalue weighted by Crippen LogP contribution is -2.61. The predicted molar refractivity (Wildman–Crippen MR) is 204 cm³/mol. The van der Waals surface area contributed by atoms with Crippen molar-refractivity contribution in [3.05, 3.63) is 59.6 Å². The number of likely N-dealkylation sites (tertiary alicyclic amines) is 1. The molecule has 1 fully saturated rings. The lowest BCUT2D eigenvalue weighted by molar-refractivity contribution is -0.176. The van der Waals surface area contributed by atoms with Crippen LogP contribution in [0, 0.1) is 22.6 Å². The summed E-state index contributed by atoms with van der Waals surface area (Å²) in [7, 11) is -3.17. The molecule has 0 aliphatic carbocycles. The summed E-state index contributed by atoms with van der Waals surface area (Å²) < 4.78 is 43.4. The van der Waals surface area contributed by atoms with Crippen molar-refractivity contribution < 1.29 is 37.5 Å². The Morgan fingerprint density at radius 3 is 2.40 bits per heavy atom. The van der Waals surface area contributed by atoms with Crippen molar-refractivity contribution in [2.75, 3.05) is 44.0 Å². The number of methoxy groups -OCH3 is 1. The summed E-state index contributed by atoms with van der Waals surface area (Å²) in [6.45, 7) is 14.8. The number of nitrogens with one attached hydrogen (secondary N) is 2. The van der Waals surface area contributed by atoms with Gasteiger partial charge in [0.1, 0.15) is 18.0 Å². The number of amides is 1. The van der Waals surface area contributed by atoms with E-state index in [1.165, 1.54) is 35.9 Å². The number of halogens is 1. The van der Waals surface area contributed by atoms with E-state index in [0.717, 1.165) is 38.9 Å². The summed E-state index contributed by atoms with van der Waals surface area (Å²) in [6, 6.07) is 9.36. The van der Waals surface area contributed by atoms with Crippen molar-refractivity contribution in [1.29, 1.82) is 0 Å². The molecule has 5 rings (SSSR count). The third-order valence-electron chi connectivity index (χ3n) is 9.67. The first-order valence-corrected chi connectivity index (χ1v) is 19.9. The number of hydrogen-bond donors (Lipinski definition) is 4. The van der Waals surface area contributed by atoms with Gasteiger partial charge in [-0.3, -0.25) is 9.32 Å². The highest BCUT2D eigenvalue weighted by Gasteiger charge is 2.59. The number of nitrogens with zero attached hydrogens (tertiary/aromatic N) is 4. The third-order valence-corrected chi connectivity index (χ3v) is 11.1. The minimum atomic E-state index is -4.74. The van der Waals surface area contributed by atoms with Crippen molar-refractivity contribution >= 4 is 52.6 Å². The van der Waals surface area contributed by atoms with Crippen molar-refractivity contribution in [3.8, 4) is 11.5 Å². The van der Waals surface area contributed by atoms with Gasteiger partial charge in [0.15, 0.2) is 16.6 Å². The number of piperidine rings is 1. The van der Waals surface area contributed by atoms with E-state index in [2.05, 4.69) is 30.5 Å². The molecule has 4 aromatic rings. The highest BCUT2D eigenvalue weighted by atomic mass is 32.1. The number of hydrogen-bond acceptors (Lipinski definition) is 11. The molecule has 3 heterocycles. The van der Waals surface area contributed by atoms with E-state index in [1.54, 1.807) is 19.4 Å². The Morgan fingerprint density at radius 1 is 1.04 bits per heavy atom. The lowest BCUT2D eigenvalue weighted by Gasteiger charge is -2.58. The SMILES string of the molecule is COc1cc2c(Nc3ncc(CC(=O)Nc4cccc(F)c4)s3)ncnc2cc1OCCCN1CCC(C(OP(=O)(O)O)(C(C)(C)C)C(C)(C)C)CC1. The summed E-state index contributed by atoms with van der Waals surface area (Å²) >= 11 is 1.31. The van der Waals surface area contributed by atoms with Crippen LogP contribution in [-0.4, -0.2) is 74.5 Å². The highest BCUT2D eigenvalue weighted by Crippen LogP contribution is 2.60. The molecule has 2 aromatic carbocycles. The fourth-order valence-electron chi connectivity index (χ4n) is 7.83. The Kier molecular flexibility index (Phi) is 12.5. The second-order valence-corrected chi connectivity index (χ2v) is 17.6. The summed E-state index contributed by atoms with van der Waals surface area (Å²) in [5.41, 5.74) is -1.01. The molecule has 288 valence electrons. The molecule has 0 bridgehead atoms. The molecule has 1 aliphatic rings. The zero-order valence-corrected chi connectivity index (χ0v) is 33.0. The quantitative estimate of drug-likeness (QED) is 0.0734. The van der Waals surface area contributed by atoms with E-state index >= 15 is 0 Å². The summed E-state index contributed by atoms with van der Waals surface area (Å²) in [5, 5.41) is 7.16. The number of carbonyl (C=O) groups is 1. The standard InChI is InChI=1S/C37H50FN6O7PS/c1-35(2,3)37(36(4,5)6,51-52(46,47)48)24-12-15-44(16-13-24)14-9-17-50-31-21-29-28(20-30(31)49-7)33(41-23-40-29)43-34-39-22-27(53-34)19-32(45)42-26-11-8-10-25(38)18-26/h8,10-11,18,20-24H,9,12-17,19H2,1-7H3,(H,42,45)(H2,46,47,48)(H,39,40,41,43). The Labute approximate surface area is 313 Å². The average Bonchev–Trinajstić information content (AvgIpc) is 3.50. The number of aromatic nitrogens is 3. The van der Waals surface area contributed by atoms with Crippen molar-refractivity contribution in [1.82, 2.24) is 19.9 Å². The number of anilines is 3. The van der Waals surface area contributed by atoms with Gasteiger partial charge in [-0.05, 0) is 73.4 Å². The normalized spacial score (nSPS) is 15.1. The first-order chi connectivity index (χ1) is 24.9. The monoisotopic (exact) mass is 772 g/mol. The van der Waals surface area contributed by atoms with Crippen LogP contribution in [0.3, 0.4) is 0 Å². The van der Waals surface area contributed by atoms with E-state index in [9.17, 15) is 23.5 Å². The summed E-state index contributed by atoms with van der Waals surface area (Å²) in [5.74, 6) is 0.859. The van der Waals surface area contributed by atoms with Crippen LogP contribution < -0.4 is 20.1 Å². The van der Waals surface area contributed by atoms with E-state index in [0.29, 0.717) is 50.5 Å². The zero-order chi connectivity index (χ0) is 38.6. The Bertz CT molecular complexity index is 1920. The highest BCUT2D eigenvalue weighted by molar-refractivity contribution is 7.46. The molecule has 13 nitrogen and oxygen atoms in total. The van der Waals surface area contributed by atoms with E-state index in [-0.39, 0.29) is 18.2 Å². The minimum Gasteiger partial charge on any atom is -0.493 e. The number of phosphoric acid groups is 1. The van der Waals surface area contributed by atoms with Crippen LogP contribution in [0.4, 0.5) is 21.0 Å². The van der Waals surface area contributed by atoms with Gasteiger partial charge in [-0.1, -0.05) is 47.6 Å². The number of rotatable bonds is 14. The topological polar surface area (TPSA) is 168 Å². The fraction of sp³-hybridized carbons (Fsp3) is 0.514. The van der Waals surface area contributed by atoms with Gasteiger partial charge >= 0.3 is 7.82 Å². The molecule has 53 heavy (non-hydrogen) atoms. The molecule has 0 unspecified atom stereocenters. The number of fused-ring (bicyclic) bond motifs is 1. The molecule has 0 spiro atoms. The van der Waals surface area contributed by atoms with Gasteiger partial charge in [0.2, 0.25) is 5.91 Å². The van der Waals surface area contributed by atoms with Gasteiger partial charge in [0.25, 0.3) is 0 Å². The maximum atomic E-state index is 13.5. The molecular formula is C37H50FN6O7PS. The lowest BCUT2D eigenvalue weighted by atomic mass is 9.55. The summed E-state index contributed by atoms with van der Waals surface area (Å²) in [6.07, 6.45) is 5.43. The van der Waals surface area contributed by atoms with Crippen molar-refractivity contribution in [2.45, 2.75) is 72.8 Å². The number of phosphoric ester groups is 1. The van der Waals surface area contributed by atoms with Gasteiger partial charge in [-0.15, -0.1) is 11.3 Å². The molecule has 16 heteroatoms. The Balaban J connectivity index is 1.17. The van der Waals surface area contributed by atoms with Gasteiger partial charge in [0.05, 0.1) is 31.3 Å². The van der Waals surface area contributed by atoms with Crippen molar-refractivity contribution in [2.24, 2.45) is 16.7 Å². The molecule has 0 saturated carbocycles. The van der Waals surface area contributed by atoms with Crippen LogP contribution in [0.5, 0.6) is 11.5 Å². The maximum absolute atomic E-state index is 13.5. The second kappa shape index (κ2) is 16.3. The van der Waals surface area contributed by atoms with Crippen molar-refractivity contribution in [3.63, 3.8) is 0 Å². The van der Waals surface area contributed by atoms with Gasteiger partial charge in [-0.2, -0.15) is 0 Å². The van der Waals surface area contributed by atoms with Gasteiger partial charge in [0, 0.05) is 34.8 Å². The van der Waals surface area contributed by atoms with Crippen LogP contribution in [0.1, 0.15) is 65.7 Å². The van der Waals surface area contributed by atoms with Gasteiger partial charge in [-0.25, -0.2) is 23.9 Å². The predicted octanol–water partition coefficient (Wildman–Crippen LogP) is 7.58. The number of benzene rings is 2.